The van der Waals surface area contributed by atoms with Gasteiger partial charge in [-0.25, -0.2) is 0 Å². The van der Waals surface area contributed by atoms with E-state index in [4.69, 9.17) is 9.47 Å². The minimum absolute atomic E-state index is 0.0999. The molecule has 0 saturated heterocycles. The highest BCUT2D eigenvalue weighted by Crippen LogP contribution is 2.31. The fourth-order valence-electron chi connectivity index (χ4n) is 2.34. The van der Waals surface area contributed by atoms with E-state index in [1.807, 2.05) is 6.07 Å². The molecule has 1 aliphatic carbocycles. The lowest BCUT2D eigenvalue weighted by molar-refractivity contribution is 0.0146. The monoisotopic (exact) mass is 251 g/mol. The van der Waals surface area contributed by atoms with Crippen molar-refractivity contribution in [2.75, 3.05) is 14.2 Å². The number of phenols is 1. The fraction of sp³-hybridized carbons (Fsp3) is 0.571. The van der Waals surface area contributed by atoms with Gasteiger partial charge in [-0.3, -0.25) is 0 Å². The third-order valence-corrected chi connectivity index (χ3v) is 3.62. The summed E-state index contributed by atoms with van der Waals surface area (Å²) in [7, 11) is 3.38. The first-order valence-corrected chi connectivity index (χ1v) is 6.29. The van der Waals surface area contributed by atoms with Gasteiger partial charge in [0.25, 0.3) is 0 Å². The maximum atomic E-state index is 9.88. The minimum atomic E-state index is 0.0999. The zero-order chi connectivity index (χ0) is 13.1. The molecule has 0 amide bonds. The summed E-state index contributed by atoms with van der Waals surface area (Å²) >= 11 is 0. The van der Waals surface area contributed by atoms with Gasteiger partial charge in [-0.05, 0) is 38.0 Å². The Morgan fingerprint density at radius 2 is 2.06 bits per heavy atom. The van der Waals surface area contributed by atoms with E-state index < -0.39 is 0 Å². The van der Waals surface area contributed by atoms with E-state index >= 15 is 0 Å². The van der Waals surface area contributed by atoms with Crippen LogP contribution in [0.25, 0.3) is 0 Å². The van der Waals surface area contributed by atoms with E-state index in [1.54, 1.807) is 26.4 Å². The molecule has 18 heavy (non-hydrogen) atoms. The molecule has 4 nitrogen and oxygen atoms in total. The Hall–Kier alpha value is -1.26. The molecule has 1 unspecified atom stereocenters. The van der Waals surface area contributed by atoms with Gasteiger partial charge in [-0.15, -0.1) is 0 Å². The van der Waals surface area contributed by atoms with Crippen LogP contribution in [-0.4, -0.2) is 31.5 Å². The molecule has 1 aromatic carbocycles. The van der Waals surface area contributed by atoms with Crippen molar-refractivity contribution in [2.45, 2.75) is 38.0 Å². The first-order chi connectivity index (χ1) is 8.63. The summed E-state index contributed by atoms with van der Waals surface area (Å²) in [5.74, 6) is 1.07. The fourth-order valence-corrected chi connectivity index (χ4v) is 2.34. The Morgan fingerprint density at radius 1 is 1.33 bits per heavy atom. The first kappa shape index (κ1) is 13.2. The van der Waals surface area contributed by atoms with E-state index in [-0.39, 0.29) is 6.04 Å². The molecule has 1 aromatic rings. The number of rotatable bonds is 5. The lowest BCUT2D eigenvalue weighted by atomic mass is 9.88. The number of nitrogens with one attached hydrogen (secondary N) is 1. The maximum Gasteiger partial charge on any atom is 0.120 e. The minimum Gasteiger partial charge on any atom is -0.508 e. The number of hydrogen-bond acceptors (Lipinski definition) is 4. The molecule has 1 saturated carbocycles. The van der Waals surface area contributed by atoms with Crippen LogP contribution in [0.3, 0.4) is 0 Å². The van der Waals surface area contributed by atoms with Crippen molar-refractivity contribution in [3.05, 3.63) is 23.8 Å². The summed E-state index contributed by atoms with van der Waals surface area (Å²) in [4.78, 5) is 0. The standard InChI is InChI=1S/C14H21NO3/c1-9(15-10-6-12(7-10)18-3)13-8-11(17-2)4-5-14(13)16/h4-5,8-10,12,15-16H,6-7H2,1-3H3. The van der Waals surface area contributed by atoms with Crippen LogP contribution in [0.4, 0.5) is 0 Å². The molecule has 1 aliphatic rings. The van der Waals surface area contributed by atoms with Gasteiger partial charge in [0.15, 0.2) is 0 Å². The summed E-state index contributed by atoms with van der Waals surface area (Å²) in [6.45, 7) is 2.05. The highest BCUT2D eigenvalue weighted by molar-refractivity contribution is 5.41. The molecule has 0 spiro atoms. The smallest absolute Gasteiger partial charge is 0.120 e. The Kier molecular flexibility index (Phi) is 4.09. The predicted octanol–water partition coefficient (Wildman–Crippen LogP) is 2.23. The zero-order valence-electron chi connectivity index (χ0n) is 11.1. The Balaban J connectivity index is 1.98. The number of ether oxygens (including phenoxy) is 2. The molecule has 4 heteroatoms. The Bertz CT molecular complexity index is 402. The van der Waals surface area contributed by atoms with Crippen molar-refractivity contribution in [3.8, 4) is 11.5 Å². The van der Waals surface area contributed by atoms with E-state index in [1.165, 1.54) is 0 Å². The van der Waals surface area contributed by atoms with Crippen molar-refractivity contribution in [1.29, 1.82) is 0 Å². The molecular weight excluding hydrogens is 230 g/mol. The lowest BCUT2D eigenvalue weighted by Crippen LogP contribution is -2.45. The van der Waals surface area contributed by atoms with Crippen LogP contribution in [0.1, 0.15) is 31.4 Å². The first-order valence-electron chi connectivity index (χ1n) is 6.29. The van der Waals surface area contributed by atoms with Crippen molar-refractivity contribution >= 4 is 0 Å². The average Bonchev–Trinajstić information content (AvgIpc) is 2.33. The molecule has 0 radical (unpaired) electrons. The van der Waals surface area contributed by atoms with E-state index in [2.05, 4.69) is 12.2 Å². The molecule has 0 heterocycles. The summed E-state index contributed by atoms with van der Waals surface area (Å²) in [5, 5.41) is 13.4. The van der Waals surface area contributed by atoms with Crippen molar-refractivity contribution in [1.82, 2.24) is 5.32 Å². The van der Waals surface area contributed by atoms with Crippen LogP contribution in [0.5, 0.6) is 11.5 Å². The molecule has 1 fully saturated rings. The van der Waals surface area contributed by atoms with Crippen LogP contribution >= 0.6 is 0 Å². The highest BCUT2D eigenvalue weighted by Gasteiger charge is 2.30. The molecule has 0 aliphatic heterocycles. The molecule has 100 valence electrons. The van der Waals surface area contributed by atoms with Gasteiger partial charge in [0, 0.05) is 24.8 Å². The van der Waals surface area contributed by atoms with Crippen LogP contribution < -0.4 is 10.1 Å². The topological polar surface area (TPSA) is 50.7 Å². The lowest BCUT2D eigenvalue weighted by Gasteiger charge is -2.36. The largest absolute Gasteiger partial charge is 0.508 e. The third-order valence-electron chi connectivity index (χ3n) is 3.62. The van der Waals surface area contributed by atoms with Crippen molar-refractivity contribution in [2.24, 2.45) is 0 Å². The van der Waals surface area contributed by atoms with E-state index in [0.29, 0.717) is 17.9 Å². The summed E-state index contributed by atoms with van der Waals surface area (Å²) in [6, 6.07) is 5.87. The average molecular weight is 251 g/mol. The number of benzene rings is 1. The molecule has 2 rings (SSSR count). The Morgan fingerprint density at radius 3 is 2.67 bits per heavy atom. The van der Waals surface area contributed by atoms with Crippen LogP contribution in [0, 0.1) is 0 Å². The van der Waals surface area contributed by atoms with Gasteiger partial charge in [-0.1, -0.05) is 0 Å². The Labute approximate surface area is 108 Å². The van der Waals surface area contributed by atoms with Crippen LogP contribution in [-0.2, 0) is 4.74 Å². The SMILES string of the molecule is COc1ccc(O)c(C(C)NC2CC(OC)C2)c1. The van der Waals surface area contributed by atoms with Crippen molar-refractivity contribution < 1.29 is 14.6 Å². The summed E-state index contributed by atoms with van der Waals surface area (Å²) in [6.07, 6.45) is 2.45. The maximum absolute atomic E-state index is 9.88. The number of methoxy groups -OCH3 is 2. The third kappa shape index (κ3) is 2.76. The quantitative estimate of drug-likeness (QED) is 0.842. The summed E-state index contributed by atoms with van der Waals surface area (Å²) in [5.41, 5.74) is 0.871. The normalized spacial score (nSPS) is 24.4. The predicted molar refractivity (Wildman–Crippen MR) is 70.0 cm³/mol. The second-order valence-electron chi connectivity index (χ2n) is 4.84. The van der Waals surface area contributed by atoms with Crippen LogP contribution in [0.15, 0.2) is 18.2 Å². The van der Waals surface area contributed by atoms with E-state index in [0.717, 1.165) is 24.2 Å². The van der Waals surface area contributed by atoms with E-state index in [9.17, 15) is 5.11 Å². The molecule has 2 N–H and O–H groups in total. The number of aromatic hydroxyl groups is 1. The second kappa shape index (κ2) is 5.59. The van der Waals surface area contributed by atoms with Gasteiger partial charge < -0.3 is 19.9 Å². The van der Waals surface area contributed by atoms with Gasteiger partial charge in [0.1, 0.15) is 11.5 Å². The van der Waals surface area contributed by atoms with Gasteiger partial charge in [-0.2, -0.15) is 0 Å². The molecule has 0 aromatic heterocycles. The second-order valence-corrected chi connectivity index (χ2v) is 4.84. The molecular formula is C14H21NO3. The highest BCUT2D eigenvalue weighted by atomic mass is 16.5. The number of hydrogen-bond donors (Lipinski definition) is 2. The number of phenolic OH excluding ortho intramolecular Hbond substituents is 1. The van der Waals surface area contributed by atoms with Crippen LogP contribution in [0.2, 0.25) is 0 Å². The zero-order valence-corrected chi connectivity index (χ0v) is 11.1. The van der Waals surface area contributed by atoms with Gasteiger partial charge in [0.05, 0.1) is 13.2 Å². The summed E-state index contributed by atoms with van der Waals surface area (Å²) < 4.78 is 10.4. The molecule has 0 bridgehead atoms. The van der Waals surface area contributed by atoms with Gasteiger partial charge >= 0.3 is 0 Å². The van der Waals surface area contributed by atoms with Gasteiger partial charge in [0.2, 0.25) is 0 Å². The van der Waals surface area contributed by atoms with Crippen molar-refractivity contribution in [3.63, 3.8) is 0 Å². The molecule has 1 atom stereocenters.